The van der Waals surface area contributed by atoms with Crippen molar-refractivity contribution in [3.05, 3.63) is 83.3 Å². The summed E-state index contributed by atoms with van der Waals surface area (Å²) in [5.41, 5.74) is 4.13. The molecule has 0 atom stereocenters. The van der Waals surface area contributed by atoms with Crippen molar-refractivity contribution < 1.29 is 4.79 Å². The van der Waals surface area contributed by atoms with Gasteiger partial charge in [0.05, 0.1) is 23.7 Å². The van der Waals surface area contributed by atoms with Gasteiger partial charge in [0.2, 0.25) is 5.91 Å². The molecule has 1 N–H and O–H groups in total. The van der Waals surface area contributed by atoms with Gasteiger partial charge >= 0.3 is 0 Å². The van der Waals surface area contributed by atoms with Crippen LogP contribution in [0.15, 0.2) is 65.8 Å². The second kappa shape index (κ2) is 9.23. The molecule has 1 fully saturated rings. The van der Waals surface area contributed by atoms with E-state index in [0.717, 1.165) is 35.2 Å². The normalized spacial score (nSPS) is 13.3. The van der Waals surface area contributed by atoms with Crippen LogP contribution in [0.3, 0.4) is 0 Å². The van der Waals surface area contributed by atoms with Crippen LogP contribution in [0.5, 0.6) is 0 Å². The first-order chi connectivity index (χ1) is 16.1. The average Bonchev–Trinajstić information content (AvgIpc) is 3.49. The maximum atomic E-state index is 12.8. The summed E-state index contributed by atoms with van der Waals surface area (Å²) >= 11 is 1.42. The summed E-state index contributed by atoms with van der Waals surface area (Å²) in [4.78, 5) is 12.8. The van der Waals surface area contributed by atoms with E-state index in [1.807, 2.05) is 62.4 Å². The standard InChI is InChI=1S/C25H26N6OS/c1-17-8-12-21(13-9-17)31-22(14-18(2)29-31)26-23(32)16-33-25-28-27-24(20-10-11-20)30(25)15-19-6-4-3-5-7-19/h3-9,12-14,20H,10-11,15-16H2,1-2H3,(H,26,32). The second-order valence-electron chi connectivity index (χ2n) is 8.44. The third kappa shape index (κ3) is 5.01. The van der Waals surface area contributed by atoms with E-state index in [1.54, 1.807) is 4.68 Å². The van der Waals surface area contributed by atoms with Gasteiger partial charge in [-0.15, -0.1) is 10.2 Å². The largest absolute Gasteiger partial charge is 0.310 e. The average molecular weight is 459 g/mol. The Labute approximate surface area is 197 Å². The van der Waals surface area contributed by atoms with Crippen molar-refractivity contribution in [2.24, 2.45) is 0 Å². The molecular weight excluding hydrogens is 432 g/mol. The Morgan fingerprint density at radius 3 is 2.55 bits per heavy atom. The highest BCUT2D eigenvalue weighted by Gasteiger charge is 2.30. The maximum absolute atomic E-state index is 12.8. The second-order valence-corrected chi connectivity index (χ2v) is 9.38. The van der Waals surface area contributed by atoms with Crippen LogP contribution < -0.4 is 5.32 Å². The van der Waals surface area contributed by atoms with Crippen LogP contribution in [0, 0.1) is 13.8 Å². The first-order valence-electron chi connectivity index (χ1n) is 11.1. The van der Waals surface area contributed by atoms with Crippen LogP contribution in [-0.2, 0) is 11.3 Å². The molecule has 0 spiro atoms. The summed E-state index contributed by atoms with van der Waals surface area (Å²) in [5.74, 6) is 2.31. The zero-order valence-corrected chi connectivity index (χ0v) is 19.5. The van der Waals surface area contributed by atoms with Gasteiger partial charge in [0.25, 0.3) is 0 Å². The molecule has 0 unspecified atom stereocenters. The van der Waals surface area contributed by atoms with Gasteiger partial charge in [0, 0.05) is 12.0 Å². The molecule has 4 aromatic rings. The van der Waals surface area contributed by atoms with Crippen LogP contribution in [0.25, 0.3) is 5.69 Å². The number of rotatable bonds is 8. The number of carbonyl (C=O) groups is 1. The number of amides is 1. The number of carbonyl (C=O) groups excluding carboxylic acids is 1. The fourth-order valence-electron chi connectivity index (χ4n) is 3.75. The van der Waals surface area contributed by atoms with Crippen molar-refractivity contribution >= 4 is 23.5 Å². The number of thioether (sulfide) groups is 1. The number of aryl methyl sites for hydroxylation is 2. The summed E-state index contributed by atoms with van der Waals surface area (Å²) in [6.07, 6.45) is 2.31. The highest BCUT2D eigenvalue weighted by atomic mass is 32.2. The molecule has 1 amide bonds. The van der Waals surface area contributed by atoms with E-state index < -0.39 is 0 Å². The van der Waals surface area contributed by atoms with E-state index in [1.165, 1.54) is 22.9 Å². The van der Waals surface area contributed by atoms with Crippen molar-refractivity contribution in [1.82, 2.24) is 24.5 Å². The van der Waals surface area contributed by atoms with Crippen LogP contribution in [0.4, 0.5) is 5.82 Å². The number of benzene rings is 2. The van der Waals surface area contributed by atoms with Crippen molar-refractivity contribution in [1.29, 1.82) is 0 Å². The number of aromatic nitrogens is 5. The molecule has 0 bridgehead atoms. The molecule has 33 heavy (non-hydrogen) atoms. The zero-order valence-electron chi connectivity index (χ0n) is 18.7. The number of hydrogen-bond donors (Lipinski definition) is 1. The van der Waals surface area contributed by atoms with E-state index in [2.05, 4.69) is 37.3 Å². The molecule has 8 heteroatoms. The highest BCUT2D eigenvalue weighted by Crippen LogP contribution is 2.40. The Kier molecular flexibility index (Phi) is 6.00. The van der Waals surface area contributed by atoms with E-state index in [4.69, 9.17) is 0 Å². The number of nitrogens with zero attached hydrogens (tertiary/aromatic N) is 5. The molecule has 1 saturated carbocycles. The summed E-state index contributed by atoms with van der Waals surface area (Å²) in [6.45, 7) is 4.67. The Morgan fingerprint density at radius 2 is 1.82 bits per heavy atom. The van der Waals surface area contributed by atoms with Gasteiger partial charge in [0.1, 0.15) is 11.6 Å². The van der Waals surface area contributed by atoms with Crippen LogP contribution in [-0.4, -0.2) is 36.2 Å². The van der Waals surface area contributed by atoms with E-state index in [9.17, 15) is 4.79 Å². The predicted octanol–water partition coefficient (Wildman–Crippen LogP) is 4.74. The van der Waals surface area contributed by atoms with Crippen LogP contribution in [0.2, 0.25) is 0 Å². The predicted molar refractivity (Wildman–Crippen MR) is 130 cm³/mol. The minimum Gasteiger partial charge on any atom is -0.310 e. The molecule has 0 aliphatic heterocycles. The fourth-order valence-corrected chi connectivity index (χ4v) is 4.49. The fraction of sp³-hybridized carbons (Fsp3) is 0.280. The smallest absolute Gasteiger partial charge is 0.236 e. The Morgan fingerprint density at radius 1 is 1.06 bits per heavy atom. The Bertz CT molecular complexity index is 1260. The van der Waals surface area contributed by atoms with Gasteiger partial charge in [-0.05, 0) is 44.4 Å². The summed E-state index contributed by atoms with van der Waals surface area (Å²) in [7, 11) is 0. The quantitative estimate of drug-likeness (QED) is 0.386. The molecule has 1 aliphatic rings. The lowest BCUT2D eigenvalue weighted by Crippen LogP contribution is -2.17. The summed E-state index contributed by atoms with van der Waals surface area (Å²) < 4.78 is 3.92. The number of hydrogen-bond acceptors (Lipinski definition) is 5. The molecule has 168 valence electrons. The number of nitrogens with one attached hydrogen (secondary N) is 1. The van der Waals surface area contributed by atoms with Gasteiger partial charge in [-0.1, -0.05) is 59.8 Å². The zero-order chi connectivity index (χ0) is 22.8. The lowest BCUT2D eigenvalue weighted by Gasteiger charge is -2.11. The minimum atomic E-state index is -0.101. The van der Waals surface area contributed by atoms with E-state index >= 15 is 0 Å². The lowest BCUT2D eigenvalue weighted by molar-refractivity contribution is -0.113. The van der Waals surface area contributed by atoms with Gasteiger partial charge in [0.15, 0.2) is 5.16 Å². The van der Waals surface area contributed by atoms with Crippen molar-refractivity contribution in [3.8, 4) is 5.69 Å². The van der Waals surface area contributed by atoms with Gasteiger partial charge in [-0.3, -0.25) is 4.79 Å². The molecule has 7 nitrogen and oxygen atoms in total. The molecule has 2 aromatic heterocycles. The SMILES string of the molecule is Cc1ccc(-n2nc(C)cc2NC(=O)CSc2nnc(C3CC3)n2Cc2ccccc2)cc1. The third-order valence-electron chi connectivity index (χ3n) is 5.58. The van der Waals surface area contributed by atoms with Crippen LogP contribution >= 0.6 is 11.8 Å². The minimum absolute atomic E-state index is 0.101. The van der Waals surface area contributed by atoms with Gasteiger partial charge < -0.3 is 9.88 Å². The highest BCUT2D eigenvalue weighted by molar-refractivity contribution is 7.99. The first-order valence-corrected chi connectivity index (χ1v) is 12.1. The maximum Gasteiger partial charge on any atom is 0.236 e. The van der Waals surface area contributed by atoms with Gasteiger partial charge in [-0.25, -0.2) is 4.68 Å². The topological polar surface area (TPSA) is 77.6 Å². The lowest BCUT2D eigenvalue weighted by atomic mass is 10.2. The third-order valence-corrected chi connectivity index (χ3v) is 6.55. The molecule has 1 aliphatic carbocycles. The number of anilines is 1. The summed E-state index contributed by atoms with van der Waals surface area (Å²) in [5, 5.41) is 17.2. The molecular formula is C25H26N6OS. The van der Waals surface area contributed by atoms with Gasteiger partial charge in [-0.2, -0.15) is 5.10 Å². The molecule has 2 heterocycles. The molecule has 5 rings (SSSR count). The Balaban J connectivity index is 1.29. The molecule has 2 aromatic carbocycles. The van der Waals surface area contributed by atoms with Crippen LogP contribution in [0.1, 0.15) is 41.4 Å². The summed E-state index contributed by atoms with van der Waals surface area (Å²) in [6, 6.07) is 20.2. The van der Waals surface area contributed by atoms with Crippen molar-refractivity contribution in [2.75, 3.05) is 11.1 Å². The van der Waals surface area contributed by atoms with E-state index in [-0.39, 0.29) is 11.7 Å². The molecule has 0 radical (unpaired) electrons. The van der Waals surface area contributed by atoms with E-state index in [0.29, 0.717) is 18.3 Å². The Hall–Kier alpha value is -3.39. The first kappa shape index (κ1) is 21.5. The molecule has 0 saturated heterocycles. The van der Waals surface area contributed by atoms with Crippen molar-refractivity contribution in [3.63, 3.8) is 0 Å². The monoisotopic (exact) mass is 458 g/mol. The van der Waals surface area contributed by atoms with Crippen molar-refractivity contribution in [2.45, 2.75) is 44.3 Å².